The van der Waals surface area contributed by atoms with E-state index in [0.717, 1.165) is 12.0 Å². The summed E-state index contributed by atoms with van der Waals surface area (Å²) in [5, 5.41) is 14.7. The van der Waals surface area contributed by atoms with Gasteiger partial charge in [0.25, 0.3) is 0 Å². The Kier molecular flexibility index (Phi) is 4.30. The number of hydrogen-bond acceptors (Lipinski definition) is 3. The molecule has 0 spiro atoms. The summed E-state index contributed by atoms with van der Waals surface area (Å²) in [5.41, 5.74) is 0.188. The molecule has 0 unspecified atom stereocenters. The van der Waals surface area contributed by atoms with Gasteiger partial charge in [-0.05, 0) is 68.9 Å². The molecule has 1 aromatic rings. The van der Waals surface area contributed by atoms with Crippen LogP contribution in [0.4, 0.5) is 0 Å². The maximum absolute atomic E-state index is 12.9. The van der Waals surface area contributed by atoms with Gasteiger partial charge in [-0.1, -0.05) is 25.4 Å². The van der Waals surface area contributed by atoms with Crippen LogP contribution < -0.4 is 0 Å². The van der Waals surface area contributed by atoms with E-state index in [1.165, 1.54) is 5.06 Å². The summed E-state index contributed by atoms with van der Waals surface area (Å²) in [4.78, 5) is 12.6. The van der Waals surface area contributed by atoms with Gasteiger partial charge in [0.1, 0.15) is 5.76 Å². The number of benzene rings is 1. The second-order valence-corrected chi connectivity index (χ2v) is 9.31. The summed E-state index contributed by atoms with van der Waals surface area (Å²) in [5.74, 6) is 0.256. The molecule has 5 heteroatoms. The van der Waals surface area contributed by atoms with Crippen molar-refractivity contribution in [2.45, 2.75) is 65.0 Å². The van der Waals surface area contributed by atoms with Crippen molar-refractivity contribution in [1.82, 2.24) is 5.06 Å². The maximum atomic E-state index is 12.9. The van der Waals surface area contributed by atoms with Crippen LogP contribution in [-0.2, 0) is 9.94 Å². The van der Waals surface area contributed by atoms with Crippen molar-refractivity contribution in [3.8, 4) is 0 Å². The zero-order valence-corrected chi connectivity index (χ0v) is 16.2. The summed E-state index contributed by atoms with van der Waals surface area (Å²) >= 11 is 5.88. The van der Waals surface area contributed by atoms with Gasteiger partial charge >= 0.3 is 5.97 Å². The zero-order chi connectivity index (χ0) is 18.6. The molecule has 2 aliphatic rings. The van der Waals surface area contributed by atoms with Crippen molar-refractivity contribution in [1.29, 1.82) is 0 Å². The van der Waals surface area contributed by atoms with E-state index in [1.54, 1.807) is 24.3 Å². The molecule has 1 saturated heterocycles. The normalized spacial score (nSPS) is 28.0. The smallest absolute Gasteiger partial charge is 0.343 e. The fourth-order valence-corrected chi connectivity index (χ4v) is 4.58. The van der Waals surface area contributed by atoms with Gasteiger partial charge in [-0.2, -0.15) is 0 Å². The monoisotopic (exact) mass is 362 g/mol. The third-order valence-corrected chi connectivity index (χ3v) is 5.60. The standard InChI is InChI=1S/C20H25ClNO3/c1-18(2)11-16(25-17(23)13-6-8-14(21)9-7-13)15-10-19(3,4)22(24)20(15,5)12-18/h6-9H,10-12H2,1-5H3/t20-/m0/s1. The predicted molar refractivity (Wildman–Crippen MR) is 96.5 cm³/mol. The average molecular weight is 363 g/mol. The van der Waals surface area contributed by atoms with Crippen LogP contribution in [0.15, 0.2) is 35.6 Å². The van der Waals surface area contributed by atoms with Crippen LogP contribution in [0.25, 0.3) is 0 Å². The van der Waals surface area contributed by atoms with Crippen LogP contribution in [0.1, 0.15) is 64.2 Å². The number of nitrogens with zero attached hydrogens (tertiary/aromatic N) is 1. The Morgan fingerprint density at radius 2 is 1.68 bits per heavy atom. The van der Waals surface area contributed by atoms with Crippen molar-refractivity contribution in [3.05, 3.63) is 46.2 Å². The van der Waals surface area contributed by atoms with E-state index in [-0.39, 0.29) is 5.41 Å². The molecule has 1 aliphatic carbocycles. The van der Waals surface area contributed by atoms with E-state index in [1.807, 2.05) is 20.8 Å². The molecule has 1 radical (unpaired) electrons. The molecule has 1 aliphatic heterocycles. The highest BCUT2D eigenvalue weighted by atomic mass is 35.5. The molecule has 0 saturated carbocycles. The maximum Gasteiger partial charge on any atom is 0.343 e. The fourth-order valence-electron chi connectivity index (χ4n) is 4.45. The number of rotatable bonds is 2. The van der Waals surface area contributed by atoms with Crippen molar-refractivity contribution in [2.75, 3.05) is 0 Å². The van der Waals surface area contributed by atoms with Gasteiger partial charge in [0, 0.05) is 17.0 Å². The number of ether oxygens (including phenoxy) is 1. The minimum absolute atomic E-state index is 0.114. The Morgan fingerprint density at radius 1 is 1.08 bits per heavy atom. The van der Waals surface area contributed by atoms with Gasteiger partial charge in [-0.25, -0.2) is 4.79 Å². The molecule has 25 heavy (non-hydrogen) atoms. The van der Waals surface area contributed by atoms with Crippen molar-refractivity contribution in [3.63, 3.8) is 0 Å². The van der Waals surface area contributed by atoms with Crippen molar-refractivity contribution >= 4 is 17.6 Å². The molecule has 0 N–H and O–H groups in total. The summed E-state index contributed by atoms with van der Waals surface area (Å²) in [6.07, 6.45) is 2.03. The van der Waals surface area contributed by atoms with E-state index in [0.29, 0.717) is 29.2 Å². The first-order valence-corrected chi connectivity index (χ1v) is 9.00. The topological polar surface area (TPSA) is 49.4 Å². The van der Waals surface area contributed by atoms with E-state index < -0.39 is 17.0 Å². The van der Waals surface area contributed by atoms with Crippen molar-refractivity contribution in [2.24, 2.45) is 5.41 Å². The number of halogens is 1. The van der Waals surface area contributed by atoms with Gasteiger partial charge < -0.3 is 4.74 Å². The molecule has 4 nitrogen and oxygen atoms in total. The fraction of sp³-hybridized carbons (Fsp3) is 0.550. The molecule has 0 aromatic heterocycles. The van der Waals surface area contributed by atoms with Gasteiger partial charge in [0.05, 0.1) is 11.1 Å². The molecular weight excluding hydrogens is 338 g/mol. The number of carbonyl (C=O) groups excluding carboxylic acids is 1. The van der Waals surface area contributed by atoms with E-state index in [4.69, 9.17) is 16.3 Å². The summed E-state index contributed by atoms with van der Waals surface area (Å²) in [6.45, 7) is 10.1. The Balaban J connectivity index is 1.98. The van der Waals surface area contributed by atoms with Crippen molar-refractivity contribution < 1.29 is 14.7 Å². The molecule has 1 aromatic carbocycles. The first-order chi connectivity index (χ1) is 11.4. The Labute approximate surface area is 154 Å². The lowest BCUT2D eigenvalue weighted by Crippen LogP contribution is -2.50. The largest absolute Gasteiger partial charge is 0.427 e. The summed E-state index contributed by atoms with van der Waals surface area (Å²) in [7, 11) is 0. The summed E-state index contributed by atoms with van der Waals surface area (Å²) in [6, 6.07) is 6.65. The lowest BCUT2D eigenvalue weighted by Gasteiger charge is -2.44. The van der Waals surface area contributed by atoms with Crippen LogP contribution >= 0.6 is 11.6 Å². The lowest BCUT2D eigenvalue weighted by atomic mass is 9.68. The number of allylic oxidation sites excluding steroid dienone is 1. The Morgan fingerprint density at radius 3 is 2.28 bits per heavy atom. The number of carbonyl (C=O) groups is 1. The van der Waals surface area contributed by atoms with Crippen LogP contribution in [0.5, 0.6) is 0 Å². The summed E-state index contributed by atoms with van der Waals surface area (Å²) < 4.78 is 5.81. The van der Waals surface area contributed by atoms with E-state index >= 15 is 0 Å². The van der Waals surface area contributed by atoms with E-state index in [2.05, 4.69) is 13.8 Å². The van der Waals surface area contributed by atoms with Gasteiger partial charge in [0.2, 0.25) is 0 Å². The minimum Gasteiger partial charge on any atom is -0.427 e. The zero-order valence-electron chi connectivity index (χ0n) is 15.5. The average Bonchev–Trinajstić information content (AvgIpc) is 2.67. The number of esters is 1. The molecular formula is C20H25ClNO3. The highest BCUT2D eigenvalue weighted by Gasteiger charge is 2.57. The number of fused-ring (bicyclic) bond motifs is 1. The number of hydrogen-bond donors (Lipinski definition) is 0. The molecule has 1 fully saturated rings. The first-order valence-electron chi connectivity index (χ1n) is 8.62. The van der Waals surface area contributed by atoms with Crippen LogP contribution in [0.2, 0.25) is 5.02 Å². The van der Waals surface area contributed by atoms with E-state index in [9.17, 15) is 10.0 Å². The van der Waals surface area contributed by atoms with Crippen LogP contribution in [-0.4, -0.2) is 22.1 Å². The molecule has 3 rings (SSSR count). The Bertz CT molecular complexity index is 736. The van der Waals surface area contributed by atoms with Crippen LogP contribution in [0.3, 0.4) is 0 Å². The molecule has 0 amide bonds. The third-order valence-electron chi connectivity index (χ3n) is 5.35. The molecule has 1 atom stereocenters. The highest BCUT2D eigenvalue weighted by molar-refractivity contribution is 6.30. The third kappa shape index (κ3) is 3.23. The van der Waals surface area contributed by atoms with Gasteiger partial charge in [-0.3, -0.25) is 0 Å². The molecule has 135 valence electrons. The van der Waals surface area contributed by atoms with Gasteiger partial charge in [0.15, 0.2) is 0 Å². The SMILES string of the molecule is CC1(C)CC(OC(=O)c2ccc(Cl)cc2)=C2CC(C)(C)N([O])[C@@]2(C)C1. The quantitative estimate of drug-likeness (QED) is 0.683. The minimum atomic E-state index is -0.624. The first kappa shape index (κ1) is 18.4. The predicted octanol–water partition coefficient (Wildman–Crippen LogP) is 5.16. The highest BCUT2D eigenvalue weighted by Crippen LogP contribution is 2.55. The second kappa shape index (κ2) is 5.83. The van der Waals surface area contributed by atoms with Gasteiger partial charge in [-0.15, -0.1) is 10.3 Å². The van der Waals surface area contributed by atoms with Crippen LogP contribution in [0, 0.1) is 5.41 Å². The second-order valence-electron chi connectivity index (χ2n) is 8.87. The Hall–Kier alpha value is -1.36. The number of hydroxylamine groups is 2. The molecule has 1 heterocycles. The lowest BCUT2D eigenvalue weighted by molar-refractivity contribution is -0.251. The molecule has 0 bridgehead atoms.